The first-order valence-corrected chi connectivity index (χ1v) is 11.6. The van der Waals surface area contributed by atoms with Crippen LogP contribution in [0.15, 0.2) is 70.7 Å². The van der Waals surface area contributed by atoms with Crippen LogP contribution in [0.5, 0.6) is 5.75 Å². The number of ether oxygens (including phenoxy) is 1. The number of piperazine rings is 1. The smallest absolute Gasteiger partial charge is 0.257 e. The minimum Gasteiger partial charge on any atom is -0.463 e. The number of fused-ring (bicyclic) bond motifs is 1. The minimum atomic E-state index is -0.0915. The molecule has 0 unspecified atom stereocenters. The van der Waals surface area contributed by atoms with Crippen LogP contribution in [0.2, 0.25) is 0 Å². The van der Waals surface area contributed by atoms with E-state index in [1.165, 1.54) is 6.26 Å². The van der Waals surface area contributed by atoms with E-state index in [4.69, 9.17) is 9.15 Å². The van der Waals surface area contributed by atoms with Gasteiger partial charge >= 0.3 is 0 Å². The van der Waals surface area contributed by atoms with E-state index in [2.05, 4.69) is 10.2 Å². The number of nitrogens with zero attached hydrogens (tertiary/aromatic N) is 3. The zero-order valence-corrected chi connectivity index (χ0v) is 20.5. The Morgan fingerprint density at radius 1 is 1.06 bits per heavy atom. The summed E-state index contributed by atoms with van der Waals surface area (Å²) in [5.74, 6) is 1.28. The van der Waals surface area contributed by atoms with Crippen LogP contribution in [0, 0.1) is 0 Å². The van der Waals surface area contributed by atoms with E-state index in [0.29, 0.717) is 43.1 Å². The third kappa shape index (κ3) is 5.37. The molecule has 0 saturated carbocycles. The number of allylic oxidation sites excluding steroid dienone is 5. The maximum Gasteiger partial charge on any atom is 0.257 e. The molecule has 2 aromatic heterocycles. The second-order valence-corrected chi connectivity index (χ2v) is 8.62. The fraction of sp³-hybridized carbons (Fsp3) is 0.296. The molecule has 35 heavy (non-hydrogen) atoms. The number of benzene rings is 1. The van der Waals surface area contributed by atoms with E-state index >= 15 is 0 Å². The number of hydrogen-bond donors (Lipinski definition) is 1. The topological polar surface area (TPSA) is 91.7 Å². The van der Waals surface area contributed by atoms with Gasteiger partial charge in [-0.1, -0.05) is 6.08 Å². The van der Waals surface area contributed by atoms with Crippen molar-refractivity contribution in [2.24, 2.45) is 0 Å². The molecule has 8 nitrogen and oxygen atoms in total. The second-order valence-electron chi connectivity index (χ2n) is 8.62. The van der Waals surface area contributed by atoms with Crippen molar-refractivity contribution in [1.82, 2.24) is 20.0 Å². The van der Waals surface area contributed by atoms with Gasteiger partial charge < -0.3 is 19.0 Å². The summed E-state index contributed by atoms with van der Waals surface area (Å²) in [7, 11) is 0. The van der Waals surface area contributed by atoms with Crippen LogP contribution in [-0.4, -0.2) is 58.0 Å². The van der Waals surface area contributed by atoms with Crippen LogP contribution < -0.4 is 4.74 Å². The zero-order valence-electron chi connectivity index (χ0n) is 20.5. The van der Waals surface area contributed by atoms with Crippen molar-refractivity contribution in [3.05, 3.63) is 77.5 Å². The van der Waals surface area contributed by atoms with Gasteiger partial charge in [-0.3, -0.25) is 14.7 Å². The molecule has 3 aromatic rings. The molecule has 1 aliphatic rings. The summed E-state index contributed by atoms with van der Waals surface area (Å²) in [4.78, 5) is 28.2. The van der Waals surface area contributed by atoms with E-state index in [9.17, 15) is 9.59 Å². The number of H-pyrrole nitrogens is 1. The molecule has 0 spiro atoms. The Balaban J connectivity index is 1.49. The summed E-state index contributed by atoms with van der Waals surface area (Å²) < 4.78 is 11.9. The third-order valence-corrected chi connectivity index (χ3v) is 6.05. The number of hydrogen-bond acceptors (Lipinski definition) is 5. The summed E-state index contributed by atoms with van der Waals surface area (Å²) >= 11 is 0. The van der Waals surface area contributed by atoms with Gasteiger partial charge in [0.2, 0.25) is 5.91 Å². The first-order valence-electron chi connectivity index (χ1n) is 11.6. The Labute approximate surface area is 204 Å². The summed E-state index contributed by atoms with van der Waals surface area (Å²) in [5.41, 5.74) is 4.04. The summed E-state index contributed by atoms with van der Waals surface area (Å²) in [6.45, 7) is 9.60. The lowest BCUT2D eigenvalue weighted by atomic mass is 10.1. The Morgan fingerprint density at radius 2 is 1.80 bits per heavy atom. The molecule has 1 aromatic carbocycles. The molecule has 4 rings (SSSR count). The Bertz CT molecular complexity index is 1300. The fourth-order valence-corrected chi connectivity index (χ4v) is 3.99. The van der Waals surface area contributed by atoms with Crippen molar-refractivity contribution < 1.29 is 18.7 Å². The summed E-state index contributed by atoms with van der Waals surface area (Å²) in [6.07, 6.45) is 9.12. The number of rotatable bonds is 6. The predicted octanol–water partition coefficient (Wildman–Crippen LogP) is 4.79. The second kappa shape index (κ2) is 10.5. The van der Waals surface area contributed by atoms with Crippen LogP contribution in [0.25, 0.3) is 16.5 Å². The fourth-order valence-electron chi connectivity index (χ4n) is 3.99. The molecular formula is C27H30N4O4. The number of carbonyl (C=O) groups excluding carboxylic acids is 2. The highest BCUT2D eigenvalue weighted by molar-refractivity contribution is 6.06. The molecule has 3 heterocycles. The monoisotopic (exact) mass is 474 g/mol. The third-order valence-electron chi connectivity index (χ3n) is 6.05. The maximum atomic E-state index is 13.1. The molecule has 1 N–H and O–H groups in total. The van der Waals surface area contributed by atoms with Gasteiger partial charge in [-0.05, 0) is 62.3 Å². The highest BCUT2D eigenvalue weighted by atomic mass is 16.5. The van der Waals surface area contributed by atoms with Crippen molar-refractivity contribution in [1.29, 1.82) is 0 Å². The number of amides is 2. The van der Waals surface area contributed by atoms with Gasteiger partial charge in [0.25, 0.3) is 5.91 Å². The van der Waals surface area contributed by atoms with E-state index < -0.39 is 0 Å². The Kier molecular flexibility index (Phi) is 7.19. The lowest BCUT2D eigenvalue weighted by Gasteiger charge is -2.34. The van der Waals surface area contributed by atoms with Crippen LogP contribution >= 0.6 is 0 Å². The Hall–Kier alpha value is -4.07. The first-order chi connectivity index (χ1) is 16.9. The largest absolute Gasteiger partial charge is 0.463 e. The van der Waals surface area contributed by atoms with Gasteiger partial charge in [-0.25, -0.2) is 0 Å². The van der Waals surface area contributed by atoms with E-state index in [0.717, 1.165) is 28.0 Å². The molecule has 182 valence electrons. The van der Waals surface area contributed by atoms with Crippen LogP contribution in [0.3, 0.4) is 0 Å². The summed E-state index contributed by atoms with van der Waals surface area (Å²) in [6, 6.07) is 7.39. The molecule has 8 heteroatoms. The lowest BCUT2D eigenvalue weighted by Crippen LogP contribution is -2.50. The first kappa shape index (κ1) is 24.1. The van der Waals surface area contributed by atoms with Crippen molar-refractivity contribution in [3.8, 4) is 5.75 Å². The van der Waals surface area contributed by atoms with Crippen molar-refractivity contribution in [3.63, 3.8) is 0 Å². The van der Waals surface area contributed by atoms with Gasteiger partial charge in [0.05, 0.1) is 11.3 Å². The van der Waals surface area contributed by atoms with E-state index in [1.54, 1.807) is 29.0 Å². The molecule has 0 radical (unpaired) electrons. The number of aromatic amines is 1. The van der Waals surface area contributed by atoms with Crippen LogP contribution in [0.1, 0.15) is 43.7 Å². The van der Waals surface area contributed by atoms with Crippen LogP contribution in [-0.2, 0) is 4.79 Å². The molecule has 0 bridgehead atoms. The van der Waals surface area contributed by atoms with E-state index in [1.807, 2.05) is 57.2 Å². The van der Waals surface area contributed by atoms with E-state index in [-0.39, 0.29) is 11.8 Å². The van der Waals surface area contributed by atoms with Gasteiger partial charge in [0.1, 0.15) is 23.4 Å². The van der Waals surface area contributed by atoms with Gasteiger partial charge in [0, 0.05) is 50.8 Å². The highest BCUT2D eigenvalue weighted by Gasteiger charge is 2.25. The molecule has 2 amide bonds. The average Bonchev–Trinajstić information content (AvgIpc) is 3.53. The molecule has 1 saturated heterocycles. The summed E-state index contributed by atoms with van der Waals surface area (Å²) in [5, 5.41) is 7.71. The maximum absolute atomic E-state index is 13.1. The standard InChI is InChI=1S/C27H30N4O4/c1-5-20(24-10-11-28-29-24)6-9-25(18(2)3)35-21-7-8-22-23(17-34-26(22)16-21)27(33)31-14-12-30(13-15-31)19(4)32/h5-11,16-17H,12-15H2,1-4H3,(H,28,29). The van der Waals surface area contributed by atoms with Crippen molar-refractivity contribution in [2.75, 3.05) is 26.2 Å². The Morgan fingerprint density at radius 3 is 2.43 bits per heavy atom. The van der Waals surface area contributed by atoms with Crippen LogP contribution in [0.4, 0.5) is 0 Å². The molecule has 0 atom stereocenters. The number of furan rings is 1. The highest BCUT2D eigenvalue weighted by Crippen LogP contribution is 2.28. The molecular weight excluding hydrogens is 444 g/mol. The van der Waals surface area contributed by atoms with Crippen molar-refractivity contribution >= 4 is 28.4 Å². The molecule has 1 fully saturated rings. The average molecular weight is 475 g/mol. The van der Waals surface area contributed by atoms with Crippen molar-refractivity contribution in [2.45, 2.75) is 27.7 Å². The molecule has 0 aliphatic carbocycles. The van der Waals surface area contributed by atoms with Gasteiger partial charge in [-0.15, -0.1) is 0 Å². The number of carbonyl (C=O) groups is 2. The predicted molar refractivity (Wildman–Crippen MR) is 135 cm³/mol. The SMILES string of the molecule is CC=C(C=CC(Oc1ccc2c(C(=O)N3CCN(C(C)=O)CC3)coc2c1)=C(C)C)c1ccn[nH]1. The minimum absolute atomic E-state index is 0.0345. The number of nitrogens with one attached hydrogen (secondary N) is 1. The number of aromatic nitrogens is 2. The van der Waals surface area contributed by atoms with Gasteiger partial charge in [0.15, 0.2) is 0 Å². The zero-order chi connectivity index (χ0) is 24.9. The lowest BCUT2D eigenvalue weighted by molar-refractivity contribution is -0.130. The van der Waals surface area contributed by atoms with Gasteiger partial charge in [-0.2, -0.15) is 5.10 Å². The quantitative estimate of drug-likeness (QED) is 0.410. The molecule has 1 aliphatic heterocycles. The normalized spacial score (nSPS) is 14.6.